The Morgan fingerprint density at radius 1 is 1.38 bits per heavy atom. The second-order valence-electron chi connectivity index (χ2n) is 3.51. The van der Waals surface area contributed by atoms with Crippen LogP contribution in [-0.4, -0.2) is 20.0 Å². The number of anilines is 1. The summed E-state index contributed by atoms with van der Waals surface area (Å²) in [5.74, 6) is 0.0343. The number of carbonyl (C=O) groups is 1. The third kappa shape index (κ3) is 1.96. The monoisotopic (exact) mass is 238 g/mol. The van der Waals surface area contributed by atoms with Crippen molar-refractivity contribution in [3.8, 4) is 0 Å². The first-order chi connectivity index (χ1) is 7.49. The molecule has 16 heavy (non-hydrogen) atoms. The number of Topliss-reactive ketones (excluding diaryl/α,β-unsaturated/α-hetero) is 1. The highest BCUT2D eigenvalue weighted by Gasteiger charge is 2.24. The van der Waals surface area contributed by atoms with E-state index in [1.807, 2.05) is 0 Å². The van der Waals surface area contributed by atoms with E-state index in [-0.39, 0.29) is 22.9 Å². The van der Waals surface area contributed by atoms with Crippen molar-refractivity contribution in [3.05, 3.63) is 24.3 Å². The summed E-state index contributed by atoms with van der Waals surface area (Å²) in [7, 11) is -3.66. The summed E-state index contributed by atoms with van der Waals surface area (Å²) in [6.45, 7) is 1.39. The highest BCUT2D eigenvalue weighted by atomic mass is 32.2. The molecule has 0 bridgehead atoms. The van der Waals surface area contributed by atoms with E-state index in [0.29, 0.717) is 5.69 Å². The predicted molar refractivity (Wildman–Crippen MR) is 60.0 cm³/mol. The number of ketones is 1. The van der Waals surface area contributed by atoms with E-state index in [9.17, 15) is 13.2 Å². The Balaban J connectivity index is 2.48. The van der Waals surface area contributed by atoms with Gasteiger partial charge in [-0.15, -0.1) is 4.40 Å². The van der Waals surface area contributed by atoms with Gasteiger partial charge in [0.1, 0.15) is 16.5 Å². The number of hydrogen-bond acceptors (Lipinski definition) is 4. The Morgan fingerprint density at radius 3 is 2.75 bits per heavy atom. The van der Waals surface area contributed by atoms with Crippen LogP contribution >= 0.6 is 0 Å². The molecule has 84 valence electrons. The standard InChI is InChI=1S/C10H10N2O3S/c1-7(13)6-10-11-8-4-2-3-5-9(8)16(14,15)12-10/h2-5H,6H2,1H3,(H,11,12). The molecule has 0 amide bonds. The first-order valence-corrected chi connectivity index (χ1v) is 6.12. The van der Waals surface area contributed by atoms with Crippen LogP contribution in [0.2, 0.25) is 0 Å². The number of nitrogens with one attached hydrogen (secondary N) is 1. The van der Waals surface area contributed by atoms with E-state index in [4.69, 9.17) is 0 Å². The van der Waals surface area contributed by atoms with Gasteiger partial charge in [0, 0.05) is 0 Å². The Bertz CT molecular complexity index is 575. The Morgan fingerprint density at radius 2 is 2.06 bits per heavy atom. The van der Waals surface area contributed by atoms with E-state index in [2.05, 4.69) is 9.71 Å². The molecule has 1 aliphatic heterocycles. The second kappa shape index (κ2) is 3.71. The molecule has 0 aromatic heterocycles. The van der Waals surface area contributed by atoms with E-state index >= 15 is 0 Å². The summed E-state index contributed by atoms with van der Waals surface area (Å²) in [6.07, 6.45) is -0.00638. The maximum absolute atomic E-state index is 11.7. The summed E-state index contributed by atoms with van der Waals surface area (Å²) < 4.78 is 27.0. The number of amidine groups is 1. The molecule has 0 spiro atoms. The van der Waals surface area contributed by atoms with Gasteiger partial charge in [-0.2, -0.15) is 8.42 Å². The van der Waals surface area contributed by atoms with Crippen LogP contribution in [-0.2, 0) is 14.8 Å². The lowest BCUT2D eigenvalue weighted by Gasteiger charge is -2.16. The van der Waals surface area contributed by atoms with Crippen LogP contribution in [0.3, 0.4) is 0 Å². The van der Waals surface area contributed by atoms with Crippen LogP contribution in [0.1, 0.15) is 13.3 Å². The smallest absolute Gasteiger partial charge is 0.286 e. The molecular weight excluding hydrogens is 228 g/mol. The molecule has 0 atom stereocenters. The summed E-state index contributed by atoms with van der Waals surface area (Å²) in [6, 6.07) is 6.47. The molecule has 1 N–H and O–H groups in total. The minimum Gasteiger partial charge on any atom is -0.342 e. The lowest BCUT2D eigenvalue weighted by Crippen LogP contribution is -2.23. The van der Waals surface area contributed by atoms with Gasteiger partial charge in [0.2, 0.25) is 0 Å². The molecule has 1 aromatic rings. The lowest BCUT2D eigenvalue weighted by atomic mass is 10.2. The van der Waals surface area contributed by atoms with Gasteiger partial charge in [0.25, 0.3) is 10.0 Å². The molecule has 0 saturated carbocycles. The predicted octanol–water partition coefficient (Wildman–Crippen LogP) is 1.18. The first kappa shape index (κ1) is 10.8. The molecule has 1 aliphatic rings. The van der Waals surface area contributed by atoms with Crippen LogP contribution in [0.15, 0.2) is 33.6 Å². The van der Waals surface area contributed by atoms with Crippen LogP contribution in [0.5, 0.6) is 0 Å². The van der Waals surface area contributed by atoms with Crippen molar-refractivity contribution in [2.45, 2.75) is 18.2 Å². The van der Waals surface area contributed by atoms with E-state index in [0.717, 1.165) is 0 Å². The van der Waals surface area contributed by atoms with Gasteiger partial charge in [-0.05, 0) is 19.1 Å². The second-order valence-corrected chi connectivity index (χ2v) is 5.09. The molecule has 0 aliphatic carbocycles. The zero-order valence-corrected chi connectivity index (χ0v) is 9.41. The van der Waals surface area contributed by atoms with Crippen molar-refractivity contribution in [1.82, 2.24) is 0 Å². The maximum Gasteiger partial charge on any atom is 0.286 e. The number of hydrogen-bond donors (Lipinski definition) is 1. The van der Waals surface area contributed by atoms with Crippen LogP contribution in [0, 0.1) is 0 Å². The zero-order chi connectivity index (χ0) is 11.8. The van der Waals surface area contributed by atoms with Crippen molar-refractivity contribution in [2.75, 3.05) is 5.32 Å². The van der Waals surface area contributed by atoms with Gasteiger partial charge < -0.3 is 5.32 Å². The van der Waals surface area contributed by atoms with Crippen molar-refractivity contribution >= 4 is 27.3 Å². The van der Waals surface area contributed by atoms with Gasteiger partial charge in [0.05, 0.1) is 12.1 Å². The maximum atomic E-state index is 11.7. The largest absolute Gasteiger partial charge is 0.342 e. The molecule has 1 aromatic carbocycles. The van der Waals surface area contributed by atoms with Gasteiger partial charge in [0.15, 0.2) is 0 Å². The number of para-hydroxylation sites is 1. The third-order valence-electron chi connectivity index (χ3n) is 2.09. The molecule has 0 saturated heterocycles. The normalized spacial score (nSPS) is 16.9. The van der Waals surface area contributed by atoms with Crippen LogP contribution in [0.4, 0.5) is 5.69 Å². The number of carbonyl (C=O) groups excluding carboxylic acids is 1. The molecule has 2 rings (SSSR count). The molecule has 0 unspecified atom stereocenters. The Labute approximate surface area is 93.3 Å². The fourth-order valence-corrected chi connectivity index (χ4v) is 2.63. The minimum absolute atomic E-state index is 0.00638. The third-order valence-corrected chi connectivity index (χ3v) is 3.46. The number of benzene rings is 1. The zero-order valence-electron chi connectivity index (χ0n) is 8.60. The number of fused-ring (bicyclic) bond motifs is 1. The summed E-state index contributed by atoms with van der Waals surface area (Å²) in [4.78, 5) is 11.1. The number of rotatable bonds is 2. The van der Waals surface area contributed by atoms with Crippen LogP contribution in [0.25, 0.3) is 0 Å². The lowest BCUT2D eigenvalue weighted by molar-refractivity contribution is -0.115. The average Bonchev–Trinajstić information content (AvgIpc) is 2.15. The van der Waals surface area contributed by atoms with E-state index < -0.39 is 10.0 Å². The van der Waals surface area contributed by atoms with Crippen molar-refractivity contribution < 1.29 is 13.2 Å². The molecule has 0 fully saturated rings. The first-order valence-electron chi connectivity index (χ1n) is 4.68. The fourth-order valence-electron chi connectivity index (χ4n) is 1.48. The van der Waals surface area contributed by atoms with Crippen molar-refractivity contribution in [3.63, 3.8) is 0 Å². The number of sulfonamides is 1. The van der Waals surface area contributed by atoms with Gasteiger partial charge in [-0.25, -0.2) is 0 Å². The van der Waals surface area contributed by atoms with Gasteiger partial charge in [-0.3, -0.25) is 4.79 Å². The summed E-state index contributed by atoms with van der Waals surface area (Å²) in [5, 5.41) is 2.83. The van der Waals surface area contributed by atoms with Gasteiger partial charge in [-0.1, -0.05) is 12.1 Å². The van der Waals surface area contributed by atoms with Gasteiger partial charge >= 0.3 is 0 Å². The molecule has 5 nitrogen and oxygen atoms in total. The summed E-state index contributed by atoms with van der Waals surface area (Å²) >= 11 is 0. The molecule has 0 radical (unpaired) electrons. The Kier molecular flexibility index (Phi) is 2.51. The van der Waals surface area contributed by atoms with Crippen LogP contribution < -0.4 is 5.32 Å². The summed E-state index contributed by atoms with van der Waals surface area (Å²) in [5.41, 5.74) is 0.466. The fraction of sp³-hybridized carbons (Fsp3) is 0.200. The molecule has 6 heteroatoms. The molecular formula is C10H10N2O3S. The number of nitrogens with zero attached hydrogens (tertiary/aromatic N) is 1. The highest BCUT2D eigenvalue weighted by Crippen LogP contribution is 2.26. The minimum atomic E-state index is -3.66. The molecule has 1 heterocycles. The van der Waals surface area contributed by atoms with E-state index in [1.54, 1.807) is 18.2 Å². The van der Waals surface area contributed by atoms with E-state index in [1.165, 1.54) is 13.0 Å². The van der Waals surface area contributed by atoms with Crippen molar-refractivity contribution in [1.29, 1.82) is 0 Å². The SMILES string of the molecule is CC(=O)CC1=NS(=O)(=O)c2ccccc2N1. The van der Waals surface area contributed by atoms with Crippen molar-refractivity contribution in [2.24, 2.45) is 4.40 Å². The average molecular weight is 238 g/mol. The quantitative estimate of drug-likeness (QED) is 0.839. The highest BCUT2D eigenvalue weighted by molar-refractivity contribution is 7.90. The Hall–Kier alpha value is -1.69. The topological polar surface area (TPSA) is 75.6 Å².